The summed E-state index contributed by atoms with van der Waals surface area (Å²) in [6, 6.07) is 14.6. The Hall–Kier alpha value is -2.99. The predicted molar refractivity (Wildman–Crippen MR) is 108 cm³/mol. The van der Waals surface area contributed by atoms with Crippen molar-refractivity contribution >= 4 is 16.7 Å². The van der Waals surface area contributed by atoms with Crippen LogP contribution in [0.15, 0.2) is 53.3 Å². The lowest BCUT2D eigenvalue weighted by atomic mass is 10.1. The Kier molecular flexibility index (Phi) is 6.21. The molecule has 2 aromatic carbocycles. The molecule has 6 heteroatoms. The third-order valence-electron chi connectivity index (χ3n) is 4.58. The lowest BCUT2D eigenvalue weighted by Crippen LogP contribution is -2.32. The largest absolute Gasteiger partial charge is 0.491 e. The van der Waals surface area contributed by atoms with Gasteiger partial charge in [0.15, 0.2) is 0 Å². The Balaban J connectivity index is 1.62. The molecule has 1 aromatic heterocycles. The van der Waals surface area contributed by atoms with Gasteiger partial charge in [0.05, 0.1) is 17.4 Å². The summed E-state index contributed by atoms with van der Waals surface area (Å²) in [7, 11) is 0. The zero-order chi connectivity index (χ0) is 20.1. The van der Waals surface area contributed by atoms with E-state index < -0.39 is 6.10 Å². The van der Waals surface area contributed by atoms with Crippen LogP contribution >= 0.6 is 0 Å². The summed E-state index contributed by atoms with van der Waals surface area (Å²) in [4.78, 5) is 28.1. The zero-order valence-corrected chi connectivity index (χ0v) is 16.1. The summed E-state index contributed by atoms with van der Waals surface area (Å²) in [5.41, 5.74) is 1.54. The fourth-order valence-corrected chi connectivity index (χ4v) is 3.02. The number of ether oxygens (including phenoxy) is 1. The van der Waals surface area contributed by atoms with Gasteiger partial charge >= 0.3 is 0 Å². The molecule has 3 aromatic rings. The van der Waals surface area contributed by atoms with E-state index in [0.29, 0.717) is 35.3 Å². The molecule has 1 heterocycles. The number of rotatable bonds is 8. The average molecular weight is 380 g/mol. The second kappa shape index (κ2) is 8.80. The number of nitrogens with zero attached hydrogens (tertiary/aromatic N) is 2. The number of hydrogen-bond donors (Lipinski definition) is 1. The molecule has 3 rings (SSSR count). The molecule has 0 aliphatic carbocycles. The summed E-state index contributed by atoms with van der Waals surface area (Å²) in [6.45, 7) is 3.50. The molecule has 0 fully saturated rings. The van der Waals surface area contributed by atoms with E-state index in [0.717, 1.165) is 5.56 Å². The van der Waals surface area contributed by atoms with E-state index in [1.54, 1.807) is 32.0 Å². The van der Waals surface area contributed by atoms with Crippen LogP contribution in [0.4, 0.5) is 0 Å². The first-order chi connectivity index (χ1) is 13.4. The zero-order valence-electron chi connectivity index (χ0n) is 16.1. The van der Waals surface area contributed by atoms with E-state index in [9.17, 15) is 14.7 Å². The molecular formula is C22H24N2O4. The number of aliphatic hydroxyl groups excluding tert-OH is 1. The maximum atomic E-state index is 12.7. The van der Waals surface area contributed by atoms with Crippen molar-refractivity contribution in [1.29, 1.82) is 0 Å². The number of para-hydroxylation sites is 1. The Morgan fingerprint density at radius 1 is 1.18 bits per heavy atom. The minimum Gasteiger partial charge on any atom is -0.491 e. The van der Waals surface area contributed by atoms with E-state index in [4.69, 9.17) is 4.74 Å². The van der Waals surface area contributed by atoms with Gasteiger partial charge in [0.25, 0.3) is 5.56 Å². The van der Waals surface area contributed by atoms with Gasteiger partial charge in [-0.3, -0.25) is 9.36 Å². The lowest BCUT2D eigenvalue weighted by Gasteiger charge is -2.16. The fraction of sp³-hybridized carbons (Fsp3) is 0.318. The van der Waals surface area contributed by atoms with Gasteiger partial charge in [-0.15, -0.1) is 0 Å². The van der Waals surface area contributed by atoms with Crippen LogP contribution in [0, 0.1) is 6.92 Å². The van der Waals surface area contributed by atoms with Crippen LogP contribution < -0.4 is 10.3 Å². The van der Waals surface area contributed by atoms with Gasteiger partial charge in [0.1, 0.15) is 30.1 Å². The van der Waals surface area contributed by atoms with Crippen molar-refractivity contribution in [3.05, 3.63) is 70.3 Å². The van der Waals surface area contributed by atoms with Crippen molar-refractivity contribution in [3.63, 3.8) is 0 Å². The van der Waals surface area contributed by atoms with Gasteiger partial charge < -0.3 is 14.6 Å². The number of Topliss-reactive ketones (excluding diaryl/α,β-unsaturated/α-hetero) is 1. The summed E-state index contributed by atoms with van der Waals surface area (Å²) in [5.74, 6) is 1.35. The molecule has 0 saturated heterocycles. The van der Waals surface area contributed by atoms with Gasteiger partial charge in [-0.05, 0) is 50.1 Å². The number of fused-ring (bicyclic) bond motifs is 1. The third kappa shape index (κ3) is 4.84. The minimum absolute atomic E-state index is 0.0610. The molecule has 0 saturated carbocycles. The van der Waals surface area contributed by atoms with Crippen LogP contribution in [0.1, 0.15) is 24.7 Å². The second-order valence-electron chi connectivity index (χ2n) is 6.90. The van der Waals surface area contributed by atoms with E-state index >= 15 is 0 Å². The summed E-state index contributed by atoms with van der Waals surface area (Å²) >= 11 is 0. The molecule has 0 bridgehead atoms. The molecule has 0 spiro atoms. The maximum Gasteiger partial charge on any atom is 0.261 e. The van der Waals surface area contributed by atoms with Gasteiger partial charge in [-0.1, -0.05) is 24.3 Å². The number of benzene rings is 2. The van der Waals surface area contributed by atoms with Crippen molar-refractivity contribution < 1.29 is 14.6 Å². The Morgan fingerprint density at radius 2 is 1.89 bits per heavy atom. The summed E-state index contributed by atoms with van der Waals surface area (Å²) in [5, 5.41) is 10.9. The number of aryl methyl sites for hydroxylation is 2. The van der Waals surface area contributed by atoms with Gasteiger partial charge in [-0.2, -0.15) is 0 Å². The standard InChI is InChI=1S/C22H24N2O4/c1-15(25)7-8-17-9-11-19(12-10-17)28-14-18(26)13-24-16(2)23-21-6-4-3-5-20(21)22(24)27/h3-6,9-12,18,26H,7-8,13-14H2,1-2H3. The number of hydrogen-bond acceptors (Lipinski definition) is 5. The summed E-state index contributed by atoms with van der Waals surface area (Å²) < 4.78 is 7.11. The van der Waals surface area contributed by atoms with Crippen LogP contribution in [0.5, 0.6) is 5.75 Å². The molecule has 6 nitrogen and oxygen atoms in total. The number of aromatic nitrogens is 2. The number of aliphatic hydroxyl groups is 1. The van der Waals surface area contributed by atoms with Crippen molar-refractivity contribution in [2.24, 2.45) is 0 Å². The molecular weight excluding hydrogens is 356 g/mol. The average Bonchev–Trinajstić information content (AvgIpc) is 2.68. The second-order valence-corrected chi connectivity index (χ2v) is 6.90. The van der Waals surface area contributed by atoms with E-state index in [2.05, 4.69) is 4.98 Å². The van der Waals surface area contributed by atoms with Gasteiger partial charge in [0.2, 0.25) is 0 Å². The minimum atomic E-state index is -0.850. The van der Waals surface area contributed by atoms with Crippen LogP contribution in [-0.2, 0) is 17.8 Å². The van der Waals surface area contributed by atoms with Gasteiger partial charge in [0, 0.05) is 6.42 Å². The molecule has 1 N–H and O–H groups in total. The maximum absolute atomic E-state index is 12.7. The first-order valence-electron chi connectivity index (χ1n) is 9.29. The molecule has 146 valence electrons. The molecule has 1 unspecified atom stereocenters. The molecule has 28 heavy (non-hydrogen) atoms. The Morgan fingerprint density at radius 3 is 2.61 bits per heavy atom. The summed E-state index contributed by atoms with van der Waals surface area (Å²) in [6.07, 6.45) is 0.374. The quantitative estimate of drug-likeness (QED) is 0.650. The Labute approximate surface area is 163 Å². The highest BCUT2D eigenvalue weighted by Gasteiger charge is 2.13. The highest BCUT2D eigenvalue weighted by Crippen LogP contribution is 2.14. The van der Waals surface area contributed by atoms with Crippen LogP contribution in [-0.4, -0.2) is 33.2 Å². The SMILES string of the molecule is CC(=O)CCc1ccc(OCC(O)Cn2c(C)nc3ccccc3c2=O)cc1. The number of carbonyl (C=O) groups is 1. The van der Waals surface area contributed by atoms with Crippen molar-refractivity contribution in [2.75, 3.05) is 6.61 Å². The van der Waals surface area contributed by atoms with Crippen molar-refractivity contribution in [3.8, 4) is 5.75 Å². The van der Waals surface area contributed by atoms with Crippen molar-refractivity contribution in [1.82, 2.24) is 9.55 Å². The molecule has 0 aliphatic heterocycles. The van der Waals surface area contributed by atoms with Crippen LogP contribution in [0.2, 0.25) is 0 Å². The van der Waals surface area contributed by atoms with Crippen molar-refractivity contribution in [2.45, 2.75) is 39.3 Å². The molecule has 0 aliphatic rings. The monoisotopic (exact) mass is 380 g/mol. The highest BCUT2D eigenvalue weighted by molar-refractivity contribution is 5.77. The first-order valence-corrected chi connectivity index (χ1v) is 9.29. The molecule has 1 atom stereocenters. The van der Waals surface area contributed by atoms with Crippen LogP contribution in [0.3, 0.4) is 0 Å². The van der Waals surface area contributed by atoms with Gasteiger partial charge in [-0.25, -0.2) is 4.98 Å². The lowest BCUT2D eigenvalue weighted by molar-refractivity contribution is -0.116. The first kappa shape index (κ1) is 19.8. The fourth-order valence-electron chi connectivity index (χ4n) is 3.02. The smallest absolute Gasteiger partial charge is 0.261 e. The predicted octanol–water partition coefficient (Wildman–Crippen LogP) is 2.67. The van der Waals surface area contributed by atoms with E-state index in [-0.39, 0.29) is 24.5 Å². The molecule has 0 amide bonds. The highest BCUT2D eigenvalue weighted by atomic mass is 16.5. The van der Waals surface area contributed by atoms with Crippen LogP contribution in [0.25, 0.3) is 10.9 Å². The Bertz CT molecular complexity index is 1020. The van der Waals surface area contributed by atoms with E-state index in [1.807, 2.05) is 30.3 Å². The number of ketones is 1. The molecule has 0 radical (unpaired) electrons. The topological polar surface area (TPSA) is 81.4 Å². The normalized spacial score (nSPS) is 12.1. The number of carbonyl (C=O) groups excluding carboxylic acids is 1. The van der Waals surface area contributed by atoms with E-state index in [1.165, 1.54) is 4.57 Å². The third-order valence-corrected chi connectivity index (χ3v) is 4.58.